The summed E-state index contributed by atoms with van der Waals surface area (Å²) in [5.74, 6) is 0.721. The van der Waals surface area contributed by atoms with Crippen molar-refractivity contribution in [3.05, 3.63) is 28.8 Å². The summed E-state index contributed by atoms with van der Waals surface area (Å²) in [4.78, 5) is 13.5. The van der Waals surface area contributed by atoms with E-state index in [0.717, 1.165) is 18.4 Å². The molecule has 0 bridgehead atoms. The highest BCUT2D eigenvalue weighted by molar-refractivity contribution is 7.89. The van der Waals surface area contributed by atoms with Gasteiger partial charge in [0, 0.05) is 31.1 Å². The molecular weight excluding hydrogens is 336 g/mol. The van der Waals surface area contributed by atoms with Gasteiger partial charge in [-0.15, -0.1) is 0 Å². The first-order chi connectivity index (χ1) is 10.8. The maximum atomic E-state index is 12.6. The first-order valence-electron chi connectivity index (χ1n) is 7.82. The zero-order valence-electron chi connectivity index (χ0n) is 13.3. The van der Waals surface area contributed by atoms with Gasteiger partial charge < -0.3 is 4.90 Å². The number of hydrogen-bond acceptors (Lipinski definition) is 3. The Morgan fingerprint density at radius 1 is 1.30 bits per heavy atom. The molecular formula is C16H21ClN2O3S. The van der Waals surface area contributed by atoms with E-state index in [0.29, 0.717) is 24.0 Å². The van der Waals surface area contributed by atoms with E-state index >= 15 is 0 Å². The SMILES string of the molecule is CC(=O)N1C[C@H](NS(=O)(=O)c2ccc(C)c(Cl)c2)[C@@H](C2CC2)C1. The molecule has 1 aromatic rings. The highest BCUT2D eigenvalue weighted by Gasteiger charge is 2.44. The molecule has 1 aliphatic carbocycles. The molecule has 5 nitrogen and oxygen atoms in total. The second-order valence-corrected chi connectivity index (χ2v) is 8.69. The summed E-state index contributed by atoms with van der Waals surface area (Å²) in [5.41, 5.74) is 0.838. The highest BCUT2D eigenvalue weighted by atomic mass is 35.5. The lowest BCUT2D eigenvalue weighted by Gasteiger charge is -2.19. The maximum absolute atomic E-state index is 12.6. The minimum atomic E-state index is -3.64. The Balaban J connectivity index is 1.80. The van der Waals surface area contributed by atoms with E-state index in [4.69, 9.17) is 11.6 Å². The van der Waals surface area contributed by atoms with Gasteiger partial charge in [0.05, 0.1) is 4.90 Å². The van der Waals surface area contributed by atoms with Gasteiger partial charge in [0.1, 0.15) is 0 Å². The van der Waals surface area contributed by atoms with E-state index in [-0.39, 0.29) is 22.8 Å². The molecule has 7 heteroatoms. The van der Waals surface area contributed by atoms with Gasteiger partial charge in [-0.05, 0) is 49.3 Å². The second kappa shape index (κ2) is 6.07. The summed E-state index contributed by atoms with van der Waals surface area (Å²) < 4.78 is 28.1. The number of carbonyl (C=O) groups is 1. The van der Waals surface area contributed by atoms with Crippen molar-refractivity contribution in [1.29, 1.82) is 0 Å². The smallest absolute Gasteiger partial charge is 0.240 e. The van der Waals surface area contributed by atoms with Gasteiger partial charge in [0.2, 0.25) is 15.9 Å². The number of aryl methyl sites for hydroxylation is 1. The van der Waals surface area contributed by atoms with Gasteiger partial charge in [-0.1, -0.05) is 17.7 Å². The summed E-state index contributed by atoms with van der Waals surface area (Å²) in [6.45, 7) is 4.44. The van der Waals surface area contributed by atoms with E-state index in [9.17, 15) is 13.2 Å². The van der Waals surface area contributed by atoms with Crippen molar-refractivity contribution in [1.82, 2.24) is 9.62 Å². The standard InChI is InChI=1S/C16H21ClN2O3S/c1-10-3-6-13(7-15(10)17)23(21,22)18-16-9-19(11(2)20)8-14(16)12-4-5-12/h3,6-7,12,14,16,18H,4-5,8-9H2,1-2H3/t14-,16+/m1/s1. The summed E-state index contributed by atoms with van der Waals surface area (Å²) in [5, 5.41) is 0.434. The summed E-state index contributed by atoms with van der Waals surface area (Å²) in [7, 11) is -3.64. The molecule has 1 heterocycles. The molecule has 2 aliphatic rings. The number of nitrogens with zero attached hydrogens (tertiary/aromatic N) is 1. The lowest BCUT2D eigenvalue weighted by molar-refractivity contribution is -0.128. The van der Waals surface area contributed by atoms with Crippen LogP contribution in [0.4, 0.5) is 0 Å². The molecule has 23 heavy (non-hydrogen) atoms. The molecule has 2 fully saturated rings. The van der Waals surface area contributed by atoms with Crippen LogP contribution in [0.3, 0.4) is 0 Å². The van der Waals surface area contributed by atoms with Crippen LogP contribution < -0.4 is 4.72 Å². The quantitative estimate of drug-likeness (QED) is 0.899. The third kappa shape index (κ3) is 3.54. The predicted octanol–water partition coefficient (Wildman–Crippen LogP) is 2.18. The van der Waals surface area contributed by atoms with Crippen LogP contribution in [0, 0.1) is 18.8 Å². The van der Waals surface area contributed by atoms with E-state index in [1.807, 2.05) is 6.92 Å². The minimum absolute atomic E-state index is 0.00396. The fourth-order valence-corrected chi connectivity index (χ4v) is 4.77. The third-order valence-corrected chi connectivity index (χ3v) is 6.69. The zero-order valence-corrected chi connectivity index (χ0v) is 14.8. The average Bonchev–Trinajstić information content (AvgIpc) is 3.23. The molecule has 126 valence electrons. The molecule has 3 rings (SSSR count). The van der Waals surface area contributed by atoms with Crippen LogP contribution >= 0.6 is 11.6 Å². The Labute approximate surface area is 142 Å². The Morgan fingerprint density at radius 2 is 2.00 bits per heavy atom. The van der Waals surface area contributed by atoms with Crippen molar-refractivity contribution in [2.24, 2.45) is 11.8 Å². The predicted molar refractivity (Wildman–Crippen MR) is 88.8 cm³/mol. The Bertz CT molecular complexity index is 731. The van der Waals surface area contributed by atoms with Gasteiger partial charge in [-0.25, -0.2) is 13.1 Å². The Kier molecular flexibility index (Phi) is 4.42. The number of amides is 1. The number of likely N-dealkylation sites (tertiary alicyclic amines) is 1. The molecule has 1 saturated heterocycles. The van der Waals surface area contributed by atoms with Crippen molar-refractivity contribution in [2.75, 3.05) is 13.1 Å². The monoisotopic (exact) mass is 356 g/mol. The normalized spacial score (nSPS) is 24.9. The highest BCUT2D eigenvalue weighted by Crippen LogP contribution is 2.41. The van der Waals surface area contributed by atoms with Crippen LogP contribution in [0.5, 0.6) is 0 Å². The molecule has 1 amide bonds. The number of nitrogens with one attached hydrogen (secondary N) is 1. The minimum Gasteiger partial charge on any atom is -0.341 e. The van der Waals surface area contributed by atoms with E-state index in [2.05, 4.69) is 4.72 Å². The Morgan fingerprint density at radius 3 is 2.57 bits per heavy atom. The molecule has 2 atom stereocenters. The van der Waals surface area contributed by atoms with Crippen molar-refractivity contribution in [3.8, 4) is 0 Å². The summed E-state index contributed by atoms with van der Waals surface area (Å²) in [6, 6.07) is 4.51. The van der Waals surface area contributed by atoms with Gasteiger partial charge in [0.25, 0.3) is 0 Å². The first-order valence-corrected chi connectivity index (χ1v) is 9.68. The van der Waals surface area contributed by atoms with Crippen LogP contribution in [-0.2, 0) is 14.8 Å². The molecule has 0 aromatic heterocycles. The van der Waals surface area contributed by atoms with E-state index in [1.165, 1.54) is 13.0 Å². The lowest BCUT2D eigenvalue weighted by Crippen LogP contribution is -2.41. The molecule has 1 aromatic carbocycles. The molecule has 1 N–H and O–H groups in total. The summed E-state index contributed by atoms with van der Waals surface area (Å²) >= 11 is 6.05. The number of rotatable bonds is 4. The number of hydrogen-bond donors (Lipinski definition) is 1. The number of carbonyl (C=O) groups excluding carboxylic acids is 1. The largest absolute Gasteiger partial charge is 0.341 e. The third-order valence-electron chi connectivity index (χ3n) is 4.80. The molecule has 0 radical (unpaired) electrons. The van der Waals surface area contributed by atoms with Crippen molar-refractivity contribution < 1.29 is 13.2 Å². The zero-order chi connectivity index (χ0) is 16.8. The molecule has 1 aliphatic heterocycles. The molecule has 0 unspecified atom stereocenters. The van der Waals surface area contributed by atoms with E-state index < -0.39 is 10.0 Å². The van der Waals surface area contributed by atoms with Crippen LogP contribution in [0.25, 0.3) is 0 Å². The molecule has 0 spiro atoms. The molecule has 1 saturated carbocycles. The fraction of sp³-hybridized carbons (Fsp3) is 0.562. The van der Waals surface area contributed by atoms with Crippen LogP contribution in [0.15, 0.2) is 23.1 Å². The topological polar surface area (TPSA) is 66.5 Å². The lowest BCUT2D eigenvalue weighted by atomic mass is 9.99. The van der Waals surface area contributed by atoms with Gasteiger partial charge in [-0.3, -0.25) is 4.79 Å². The van der Waals surface area contributed by atoms with Gasteiger partial charge >= 0.3 is 0 Å². The van der Waals surface area contributed by atoms with Gasteiger partial charge in [-0.2, -0.15) is 0 Å². The summed E-state index contributed by atoms with van der Waals surface area (Å²) in [6.07, 6.45) is 2.23. The average molecular weight is 357 g/mol. The Hall–Kier alpha value is -1.11. The van der Waals surface area contributed by atoms with Crippen LogP contribution in [0.2, 0.25) is 5.02 Å². The second-order valence-electron chi connectivity index (χ2n) is 6.56. The van der Waals surface area contributed by atoms with Crippen LogP contribution in [0.1, 0.15) is 25.3 Å². The van der Waals surface area contributed by atoms with Crippen molar-refractivity contribution in [3.63, 3.8) is 0 Å². The number of halogens is 1. The van der Waals surface area contributed by atoms with Gasteiger partial charge in [0.15, 0.2) is 0 Å². The van der Waals surface area contributed by atoms with Crippen LogP contribution in [-0.4, -0.2) is 38.4 Å². The number of benzene rings is 1. The first kappa shape index (κ1) is 16.7. The van der Waals surface area contributed by atoms with Crippen molar-refractivity contribution >= 4 is 27.5 Å². The fourth-order valence-electron chi connectivity index (χ4n) is 3.22. The number of sulfonamides is 1. The maximum Gasteiger partial charge on any atom is 0.240 e. The van der Waals surface area contributed by atoms with Crippen molar-refractivity contribution in [2.45, 2.75) is 37.6 Å². The van der Waals surface area contributed by atoms with E-state index in [1.54, 1.807) is 17.0 Å².